The van der Waals surface area contributed by atoms with Gasteiger partial charge >= 0.3 is 0 Å². The van der Waals surface area contributed by atoms with Crippen LogP contribution >= 0.6 is 0 Å². The molecular weight excluding hydrogens is 376 g/mol. The summed E-state index contributed by atoms with van der Waals surface area (Å²) in [5.74, 6) is 13.8. The first-order valence-corrected chi connectivity index (χ1v) is 9.43. The van der Waals surface area contributed by atoms with Crippen molar-refractivity contribution in [3.8, 4) is 34.1 Å². The Kier molecular flexibility index (Phi) is 5.80. The van der Waals surface area contributed by atoms with Gasteiger partial charge in [0.05, 0.1) is 0 Å². The molecule has 0 atom stereocenters. The standard InChI is InChI=1S/C24H22N4O2/c25-27-19-5-13-23(14-6-19)29-21-9-1-17(2-10-21)18-3-11-22(12-4-18)30-24-15-7-20(28-26)8-16-24/h1-16,27-28H,25-26H2. The van der Waals surface area contributed by atoms with Crippen molar-refractivity contribution in [1.29, 1.82) is 0 Å². The predicted molar refractivity (Wildman–Crippen MR) is 121 cm³/mol. The van der Waals surface area contributed by atoms with E-state index >= 15 is 0 Å². The minimum Gasteiger partial charge on any atom is -0.457 e. The molecule has 0 saturated heterocycles. The topological polar surface area (TPSA) is 94.6 Å². The number of nitrogens with one attached hydrogen (secondary N) is 2. The van der Waals surface area contributed by atoms with Gasteiger partial charge in [0.25, 0.3) is 0 Å². The highest BCUT2D eigenvalue weighted by atomic mass is 16.5. The Morgan fingerprint density at radius 1 is 0.400 bits per heavy atom. The lowest BCUT2D eigenvalue weighted by Gasteiger charge is -2.09. The average molecular weight is 398 g/mol. The molecule has 0 saturated carbocycles. The van der Waals surface area contributed by atoms with E-state index in [1.54, 1.807) is 0 Å². The molecule has 0 aromatic heterocycles. The summed E-state index contributed by atoms with van der Waals surface area (Å²) in [5.41, 5.74) is 9.03. The first-order chi connectivity index (χ1) is 14.7. The number of hydrogen-bond acceptors (Lipinski definition) is 6. The van der Waals surface area contributed by atoms with Crippen molar-refractivity contribution in [2.45, 2.75) is 0 Å². The molecule has 0 unspecified atom stereocenters. The monoisotopic (exact) mass is 398 g/mol. The van der Waals surface area contributed by atoms with E-state index in [2.05, 4.69) is 10.9 Å². The van der Waals surface area contributed by atoms with Crippen LogP contribution in [0.15, 0.2) is 97.1 Å². The molecule has 6 nitrogen and oxygen atoms in total. The third-order valence-electron chi connectivity index (χ3n) is 4.56. The van der Waals surface area contributed by atoms with Gasteiger partial charge in [-0.15, -0.1) is 0 Å². The van der Waals surface area contributed by atoms with Crippen molar-refractivity contribution in [2.75, 3.05) is 10.9 Å². The summed E-state index contributed by atoms with van der Waals surface area (Å²) < 4.78 is 11.7. The Balaban J connectivity index is 1.40. The molecule has 4 aromatic carbocycles. The number of nitrogen functional groups attached to an aromatic ring is 2. The fourth-order valence-corrected chi connectivity index (χ4v) is 2.94. The first-order valence-electron chi connectivity index (χ1n) is 9.43. The summed E-state index contributed by atoms with van der Waals surface area (Å²) in [6.07, 6.45) is 0. The quantitative estimate of drug-likeness (QED) is 0.242. The highest BCUT2D eigenvalue weighted by molar-refractivity contribution is 5.65. The molecule has 150 valence electrons. The SMILES string of the molecule is NNc1ccc(Oc2ccc(-c3ccc(Oc4ccc(NN)cc4)cc3)cc2)cc1. The highest BCUT2D eigenvalue weighted by Crippen LogP contribution is 2.29. The highest BCUT2D eigenvalue weighted by Gasteiger charge is 2.03. The summed E-state index contributed by atoms with van der Waals surface area (Å²) in [6, 6.07) is 30.8. The van der Waals surface area contributed by atoms with E-state index in [4.69, 9.17) is 21.2 Å². The largest absolute Gasteiger partial charge is 0.457 e. The summed E-state index contributed by atoms with van der Waals surface area (Å²) >= 11 is 0. The third kappa shape index (κ3) is 4.70. The van der Waals surface area contributed by atoms with Crippen LogP contribution in [0.1, 0.15) is 0 Å². The van der Waals surface area contributed by atoms with Gasteiger partial charge in [0.1, 0.15) is 23.0 Å². The molecule has 0 aliphatic rings. The lowest BCUT2D eigenvalue weighted by molar-refractivity contribution is 0.482. The van der Waals surface area contributed by atoms with Gasteiger partial charge in [-0.05, 0) is 83.9 Å². The minimum absolute atomic E-state index is 0.749. The van der Waals surface area contributed by atoms with Gasteiger partial charge in [-0.3, -0.25) is 11.7 Å². The van der Waals surface area contributed by atoms with Crippen LogP contribution in [0.5, 0.6) is 23.0 Å². The summed E-state index contributed by atoms with van der Waals surface area (Å²) in [5, 5.41) is 0. The van der Waals surface area contributed by atoms with Gasteiger partial charge in [0.2, 0.25) is 0 Å². The molecule has 0 bridgehead atoms. The lowest BCUT2D eigenvalue weighted by atomic mass is 10.1. The Morgan fingerprint density at radius 3 is 0.933 bits per heavy atom. The maximum absolute atomic E-state index is 5.87. The van der Waals surface area contributed by atoms with Gasteiger partial charge in [0, 0.05) is 11.4 Å². The second-order valence-electron chi connectivity index (χ2n) is 6.59. The molecule has 0 heterocycles. The molecule has 4 aromatic rings. The van der Waals surface area contributed by atoms with Crippen molar-refractivity contribution in [3.63, 3.8) is 0 Å². The molecule has 0 amide bonds. The Morgan fingerprint density at radius 2 is 0.667 bits per heavy atom. The van der Waals surface area contributed by atoms with Crippen molar-refractivity contribution in [1.82, 2.24) is 0 Å². The lowest BCUT2D eigenvalue weighted by Crippen LogP contribution is -2.05. The van der Waals surface area contributed by atoms with Gasteiger partial charge in [-0.1, -0.05) is 24.3 Å². The Hall–Kier alpha value is -4.00. The zero-order valence-electron chi connectivity index (χ0n) is 16.2. The van der Waals surface area contributed by atoms with Crippen LogP contribution in [0.3, 0.4) is 0 Å². The molecular formula is C24H22N4O2. The summed E-state index contributed by atoms with van der Waals surface area (Å²) in [7, 11) is 0. The number of ether oxygens (including phenoxy) is 2. The molecule has 4 rings (SSSR count). The van der Waals surface area contributed by atoms with E-state index in [1.807, 2.05) is 97.1 Å². The number of hydrogen-bond donors (Lipinski definition) is 4. The molecule has 0 spiro atoms. The average Bonchev–Trinajstić information content (AvgIpc) is 2.81. The fraction of sp³-hybridized carbons (Fsp3) is 0. The zero-order chi connectivity index (χ0) is 20.8. The van der Waals surface area contributed by atoms with Gasteiger partial charge in [-0.2, -0.15) is 0 Å². The molecule has 30 heavy (non-hydrogen) atoms. The smallest absolute Gasteiger partial charge is 0.127 e. The molecule has 0 fully saturated rings. The van der Waals surface area contributed by atoms with Crippen molar-refractivity contribution >= 4 is 11.4 Å². The molecule has 0 radical (unpaired) electrons. The third-order valence-corrected chi connectivity index (χ3v) is 4.56. The van der Waals surface area contributed by atoms with Crippen LogP contribution < -0.4 is 32.0 Å². The Labute approximate surface area is 175 Å². The van der Waals surface area contributed by atoms with Crippen LogP contribution in [0.4, 0.5) is 11.4 Å². The van der Waals surface area contributed by atoms with Crippen LogP contribution in [0.2, 0.25) is 0 Å². The first kappa shape index (κ1) is 19.3. The minimum atomic E-state index is 0.749. The van der Waals surface area contributed by atoms with Crippen molar-refractivity contribution < 1.29 is 9.47 Å². The maximum Gasteiger partial charge on any atom is 0.127 e. The molecule has 0 aliphatic heterocycles. The van der Waals surface area contributed by atoms with Crippen molar-refractivity contribution in [3.05, 3.63) is 97.1 Å². The second kappa shape index (κ2) is 9.00. The van der Waals surface area contributed by atoms with E-state index in [9.17, 15) is 0 Å². The second-order valence-corrected chi connectivity index (χ2v) is 6.59. The summed E-state index contributed by atoms with van der Waals surface area (Å²) in [4.78, 5) is 0. The van der Waals surface area contributed by atoms with Crippen LogP contribution in [-0.4, -0.2) is 0 Å². The van der Waals surface area contributed by atoms with Crippen LogP contribution in [0.25, 0.3) is 11.1 Å². The number of hydrazine groups is 2. The summed E-state index contributed by atoms with van der Waals surface area (Å²) in [6.45, 7) is 0. The number of benzene rings is 4. The van der Waals surface area contributed by atoms with Crippen LogP contribution in [0, 0.1) is 0 Å². The predicted octanol–water partition coefficient (Wildman–Crippen LogP) is 5.51. The molecule has 0 aliphatic carbocycles. The van der Waals surface area contributed by atoms with Crippen molar-refractivity contribution in [2.24, 2.45) is 11.7 Å². The van der Waals surface area contributed by atoms with E-state index in [0.29, 0.717) is 0 Å². The number of rotatable bonds is 7. The molecule has 6 heteroatoms. The van der Waals surface area contributed by atoms with Gasteiger partial charge in [-0.25, -0.2) is 0 Å². The number of anilines is 2. The van der Waals surface area contributed by atoms with Crippen LogP contribution in [-0.2, 0) is 0 Å². The zero-order valence-corrected chi connectivity index (χ0v) is 16.2. The fourth-order valence-electron chi connectivity index (χ4n) is 2.94. The normalized spacial score (nSPS) is 10.3. The van der Waals surface area contributed by atoms with E-state index in [1.165, 1.54) is 0 Å². The van der Waals surface area contributed by atoms with E-state index < -0.39 is 0 Å². The maximum atomic E-state index is 5.87. The Bertz CT molecular complexity index is 987. The number of nitrogens with two attached hydrogens (primary N) is 2. The van der Waals surface area contributed by atoms with Gasteiger partial charge in [0.15, 0.2) is 0 Å². The van der Waals surface area contributed by atoms with E-state index in [-0.39, 0.29) is 0 Å². The van der Waals surface area contributed by atoms with E-state index in [0.717, 1.165) is 45.5 Å². The van der Waals surface area contributed by atoms with Gasteiger partial charge < -0.3 is 20.3 Å². The molecule has 6 N–H and O–H groups in total.